The van der Waals surface area contributed by atoms with E-state index in [1.165, 1.54) is 59.9 Å². The monoisotopic (exact) mass is 910 g/mol. The Kier molecular flexibility index (Phi) is 11.2. The number of thiazole rings is 2. The Morgan fingerprint density at radius 1 is 0.412 bits per heavy atom. The van der Waals surface area contributed by atoms with Gasteiger partial charge in [0.25, 0.3) is 0 Å². The number of hydrogen-bond donors (Lipinski definition) is 0. The Balaban J connectivity index is 0.751. The Morgan fingerprint density at radius 3 is 1.43 bits per heavy atom. The quantitative estimate of drug-likeness (QED) is 0.129. The van der Waals surface area contributed by atoms with Crippen molar-refractivity contribution in [1.29, 1.82) is 0 Å². The Hall–Kier alpha value is -7.90. The van der Waals surface area contributed by atoms with Crippen molar-refractivity contribution >= 4 is 77.0 Å². The minimum Gasteiger partial charge on any atom is -0.334 e. The molecule has 2 heterocycles. The van der Waals surface area contributed by atoms with Crippen LogP contribution >= 0.6 is 22.7 Å². The maximum atomic E-state index is 4.87. The summed E-state index contributed by atoms with van der Waals surface area (Å²) in [5, 5.41) is 2.12. The molecule has 10 aromatic rings. The van der Waals surface area contributed by atoms with Gasteiger partial charge >= 0.3 is 0 Å². The highest BCUT2D eigenvalue weighted by atomic mass is 32.1. The summed E-state index contributed by atoms with van der Waals surface area (Å²) < 4.78 is 2.44. The largest absolute Gasteiger partial charge is 0.334 e. The van der Waals surface area contributed by atoms with E-state index in [2.05, 4.69) is 240 Å². The summed E-state index contributed by atoms with van der Waals surface area (Å²) in [5.74, 6) is 0. The molecule has 12 rings (SSSR count). The molecule has 2 aliphatic carbocycles. The fourth-order valence-corrected chi connectivity index (χ4v) is 11.4. The molecule has 1 unspecified atom stereocenters. The van der Waals surface area contributed by atoms with Gasteiger partial charge in [-0.15, -0.1) is 22.7 Å². The van der Waals surface area contributed by atoms with Gasteiger partial charge in [0.1, 0.15) is 10.0 Å². The predicted molar refractivity (Wildman–Crippen MR) is 290 cm³/mol. The summed E-state index contributed by atoms with van der Waals surface area (Å²) in [6.45, 7) is 0. The Bertz CT molecular complexity index is 3440. The Morgan fingerprint density at radius 2 is 0.882 bits per heavy atom. The molecule has 6 heteroatoms. The van der Waals surface area contributed by atoms with E-state index in [-0.39, 0.29) is 6.04 Å². The molecule has 68 heavy (non-hydrogen) atoms. The van der Waals surface area contributed by atoms with Gasteiger partial charge in [0, 0.05) is 39.6 Å². The number of anilines is 4. The molecule has 0 aliphatic heterocycles. The molecule has 0 spiro atoms. The molecule has 2 aromatic heterocycles. The van der Waals surface area contributed by atoms with E-state index in [1.807, 2.05) is 6.07 Å². The normalized spacial score (nSPS) is 14.6. The van der Waals surface area contributed by atoms with Crippen molar-refractivity contribution in [1.82, 2.24) is 9.97 Å². The van der Waals surface area contributed by atoms with Crippen LogP contribution < -0.4 is 9.80 Å². The average molecular weight is 911 g/mol. The fraction of sp³-hybridized carbons (Fsp3) is 0.0645. The number of fused-ring (bicyclic) bond motifs is 2. The molecule has 0 fully saturated rings. The van der Waals surface area contributed by atoms with Gasteiger partial charge < -0.3 is 9.80 Å². The first kappa shape index (κ1) is 41.5. The second-order valence-electron chi connectivity index (χ2n) is 17.3. The molecule has 0 bridgehead atoms. The number of benzene rings is 8. The summed E-state index contributed by atoms with van der Waals surface area (Å²) in [7, 11) is 0. The summed E-state index contributed by atoms with van der Waals surface area (Å²) in [5.41, 5.74) is 17.8. The third kappa shape index (κ3) is 8.41. The van der Waals surface area contributed by atoms with Crippen LogP contribution in [0.2, 0.25) is 0 Å². The zero-order valence-electron chi connectivity index (χ0n) is 37.3. The predicted octanol–water partition coefficient (Wildman–Crippen LogP) is 17.4. The molecule has 2 aliphatic rings. The van der Waals surface area contributed by atoms with E-state index < -0.39 is 0 Å². The van der Waals surface area contributed by atoms with Gasteiger partial charge in [-0.25, -0.2) is 9.97 Å². The maximum Gasteiger partial charge on any atom is 0.124 e. The number of nitrogens with zero attached hydrogens (tertiary/aromatic N) is 4. The molecule has 0 saturated carbocycles. The molecule has 0 N–H and O–H groups in total. The highest BCUT2D eigenvalue weighted by molar-refractivity contribution is 7.22. The summed E-state index contributed by atoms with van der Waals surface area (Å²) in [6.07, 6.45) is 14.5. The molecule has 0 saturated heterocycles. The van der Waals surface area contributed by atoms with Gasteiger partial charge in [-0.05, 0) is 132 Å². The van der Waals surface area contributed by atoms with Gasteiger partial charge in [-0.1, -0.05) is 158 Å². The lowest BCUT2D eigenvalue weighted by atomic mass is 9.94. The lowest BCUT2D eigenvalue weighted by Crippen LogP contribution is -2.30. The molecule has 4 nitrogen and oxygen atoms in total. The van der Waals surface area contributed by atoms with Crippen LogP contribution in [0.1, 0.15) is 30.4 Å². The number of aromatic nitrogens is 2. The van der Waals surface area contributed by atoms with Crippen molar-refractivity contribution in [2.75, 3.05) is 9.80 Å². The van der Waals surface area contributed by atoms with Crippen molar-refractivity contribution < 1.29 is 0 Å². The SMILES string of the molecule is C1=CC(N(c2ccccc2)c2ccc(-c3ccc(-c4nc5ccccc5s4)cc3)cc2)CC=C1c1ccc(N(C2=CC=C(c3ccc(-c4nc5ccccc5s4)cc3)CC2)c2ccccc2)cc1. The first-order valence-corrected chi connectivity index (χ1v) is 24.9. The second kappa shape index (κ2) is 18.4. The van der Waals surface area contributed by atoms with Crippen LogP contribution in [-0.2, 0) is 0 Å². The van der Waals surface area contributed by atoms with Crippen molar-refractivity contribution in [3.63, 3.8) is 0 Å². The molecular weight excluding hydrogens is 865 g/mol. The van der Waals surface area contributed by atoms with Crippen molar-refractivity contribution in [2.45, 2.75) is 25.3 Å². The van der Waals surface area contributed by atoms with Gasteiger partial charge in [0.15, 0.2) is 0 Å². The zero-order chi connectivity index (χ0) is 45.2. The number of para-hydroxylation sites is 4. The maximum absolute atomic E-state index is 4.87. The van der Waals surface area contributed by atoms with Gasteiger partial charge in [0.05, 0.1) is 26.5 Å². The first-order valence-electron chi connectivity index (χ1n) is 23.3. The van der Waals surface area contributed by atoms with Crippen LogP contribution in [0.3, 0.4) is 0 Å². The smallest absolute Gasteiger partial charge is 0.124 e. The van der Waals surface area contributed by atoms with Gasteiger partial charge in [0.2, 0.25) is 0 Å². The topological polar surface area (TPSA) is 32.3 Å². The summed E-state index contributed by atoms with van der Waals surface area (Å²) >= 11 is 3.49. The second-order valence-corrected chi connectivity index (χ2v) is 19.3. The van der Waals surface area contributed by atoms with E-state index in [4.69, 9.17) is 9.97 Å². The van der Waals surface area contributed by atoms with Crippen molar-refractivity contribution in [3.05, 3.63) is 253 Å². The molecule has 0 radical (unpaired) electrons. The minimum absolute atomic E-state index is 0.167. The zero-order valence-corrected chi connectivity index (χ0v) is 39.0. The minimum atomic E-state index is 0.167. The fourth-order valence-electron chi connectivity index (χ4n) is 9.49. The van der Waals surface area contributed by atoms with Crippen LogP contribution in [0.4, 0.5) is 22.7 Å². The first-order chi connectivity index (χ1) is 33.7. The molecular formula is C62H46N4S2. The van der Waals surface area contributed by atoms with Gasteiger partial charge in [-0.3, -0.25) is 0 Å². The highest BCUT2D eigenvalue weighted by Crippen LogP contribution is 2.40. The van der Waals surface area contributed by atoms with E-state index in [1.54, 1.807) is 22.7 Å². The Labute approximate surface area is 405 Å². The van der Waals surface area contributed by atoms with Crippen molar-refractivity contribution in [3.8, 4) is 32.3 Å². The lowest BCUT2D eigenvalue weighted by Gasteiger charge is -2.33. The average Bonchev–Trinajstić information content (AvgIpc) is 4.06. The van der Waals surface area contributed by atoms with E-state index in [9.17, 15) is 0 Å². The number of rotatable bonds is 11. The van der Waals surface area contributed by atoms with E-state index in [0.717, 1.165) is 62.8 Å². The van der Waals surface area contributed by atoms with Crippen LogP contribution in [0.15, 0.2) is 242 Å². The third-order valence-corrected chi connectivity index (χ3v) is 15.2. The lowest BCUT2D eigenvalue weighted by molar-refractivity contribution is 0.787. The number of hydrogen-bond acceptors (Lipinski definition) is 6. The third-order valence-electron chi connectivity index (χ3n) is 13.0. The molecule has 1 atom stereocenters. The molecule has 8 aromatic carbocycles. The van der Waals surface area contributed by atoms with E-state index >= 15 is 0 Å². The highest BCUT2D eigenvalue weighted by Gasteiger charge is 2.22. The van der Waals surface area contributed by atoms with Gasteiger partial charge in [-0.2, -0.15) is 0 Å². The molecule has 0 amide bonds. The summed E-state index contributed by atoms with van der Waals surface area (Å²) in [6, 6.07) is 74.2. The molecule has 326 valence electrons. The number of allylic oxidation sites excluding steroid dienone is 6. The van der Waals surface area contributed by atoms with Crippen LogP contribution in [0.25, 0.3) is 63.8 Å². The van der Waals surface area contributed by atoms with E-state index in [0.29, 0.717) is 0 Å². The standard InChI is InChI=1S/C62H46N4S2/c1-3-11-51(12-4-1)65(53-35-27-45(28-36-53)43-19-23-49(24-20-43)61-63-57-15-7-9-17-59(57)67-61)55-39-31-47(32-40-55)48-33-41-56(42-34-48)66(52-13-5-2-6-14-52)54-37-29-46(30-38-54)44-21-25-50(26-22-44)62-64-58-16-8-10-18-60(58)68-62/h1-29,31-37,39,41-42,55H,30,38,40H2. The van der Waals surface area contributed by atoms with Crippen LogP contribution in [0, 0.1) is 0 Å². The summed E-state index contributed by atoms with van der Waals surface area (Å²) in [4.78, 5) is 14.6. The van der Waals surface area contributed by atoms with Crippen LogP contribution in [-0.4, -0.2) is 16.0 Å². The van der Waals surface area contributed by atoms with Crippen LogP contribution in [0.5, 0.6) is 0 Å². The van der Waals surface area contributed by atoms with Crippen molar-refractivity contribution in [2.24, 2.45) is 0 Å².